The molecule has 1 atom stereocenters. The maximum Gasteiger partial charge on any atom is 0.308 e. The molecule has 1 fully saturated rings. The molecule has 3 aliphatic heterocycles. The van der Waals surface area contributed by atoms with Gasteiger partial charge in [0, 0.05) is 48.2 Å². The highest BCUT2D eigenvalue weighted by molar-refractivity contribution is 7.16. The average Bonchev–Trinajstić information content (AvgIpc) is 3.17. The zero-order valence-corrected chi connectivity index (χ0v) is 22.4. The molecule has 0 radical (unpaired) electrons. The van der Waals surface area contributed by atoms with Crippen LogP contribution in [0.2, 0.25) is 5.02 Å². The molecule has 0 bridgehead atoms. The van der Waals surface area contributed by atoms with Gasteiger partial charge in [-0.3, -0.25) is 14.3 Å². The highest BCUT2D eigenvalue weighted by atomic mass is 35.5. The predicted molar refractivity (Wildman–Crippen MR) is 144 cm³/mol. The molecule has 0 spiro atoms. The van der Waals surface area contributed by atoms with Gasteiger partial charge in [-0.1, -0.05) is 22.9 Å². The van der Waals surface area contributed by atoms with Crippen LogP contribution < -0.4 is 19.7 Å². The number of hydrogen-bond donors (Lipinski definition) is 1. The fourth-order valence-electron chi connectivity index (χ4n) is 5.33. The first-order chi connectivity index (χ1) is 16.2. The number of likely N-dealkylation sites (tertiary alicyclic amines) is 1. The number of nitrogens with one attached hydrogen (secondary N) is 1. The van der Waals surface area contributed by atoms with E-state index in [1.165, 1.54) is 16.9 Å². The third kappa shape index (κ3) is 5.29. The van der Waals surface area contributed by atoms with Crippen molar-refractivity contribution in [3.63, 3.8) is 0 Å². The molecule has 0 aliphatic carbocycles. The number of ether oxygens (including phenoxy) is 2. The first kappa shape index (κ1) is 26.5. The van der Waals surface area contributed by atoms with E-state index in [0.717, 1.165) is 84.4 Å². The Morgan fingerprint density at radius 3 is 2.66 bits per heavy atom. The van der Waals surface area contributed by atoms with Crippen LogP contribution in [-0.2, 0) is 13.1 Å². The number of halogens is 3. The molecule has 1 saturated heterocycles. The lowest BCUT2D eigenvalue weighted by Gasteiger charge is -2.36. The molecule has 6 rings (SSSR count). The number of pyridine rings is 1. The van der Waals surface area contributed by atoms with Crippen LogP contribution in [0.25, 0.3) is 10.2 Å². The fraction of sp³-hybridized carbons (Fsp3) is 0.500. The molecule has 3 aromatic rings. The van der Waals surface area contributed by atoms with Crippen LogP contribution in [0.3, 0.4) is 0 Å². The number of aromatic nitrogens is 2. The molecule has 5 heterocycles. The Morgan fingerprint density at radius 1 is 1.09 bits per heavy atom. The van der Waals surface area contributed by atoms with Gasteiger partial charge in [0.1, 0.15) is 13.2 Å². The summed E-state index contributed by atoms with van der Waals surface area (Å²) in [6, 6.07) is 6.41. The van der Waals surface area contributed by atoms with Crippen molar-refractivity contribution in [2.24, 2.45) is 0 Å². The van der Waals surface area contributed by atoms with E-state index in [0.29, 0.717) is 25.2 Å². The summed E-state index contributed by atoms with van der Waals surface area (Å²) in [4.78, 5) is 19.5. The van der Waals surface area contributed by atoms with Crippen molar-refractivity contribution in [3.8, 4) is 11.5 Å². The zero-order valence-electron chi connectivity index (χ0n) is 19.2. The van der Waals surface area contributed by atoms with E-state index in [-0.39, 0.29) is 29.7 Å². The number of benzene rings is 1. The second-order valence-corrected chi connectivity index (χ2v) is 10.5. The third-order valence-electron chi connectivity index (χ3n) is 7.05. The maximum atomic E-state index is 12.3. The Hall–Kier alpha value is -1.55. The lowest BCUT2D eigenvalue weighted by atomic mass is 9.90. The summed E-state index contributed by atoms with van der Waals surface area (Å²) in [5.74, 6) is 1.90. The van der Waals surface area contributed by atoms with Crippen molar-refractivity contribution in [2.75, 3.05) is 32.8 Å². The summed E-state index contributed by atoms with van der Waals surface area (Å²) >= 11 is 7.97. The van der Waals surface area contributed by atoms with E-state index in [1.54, 1.807) is 6.20 Å². The molecule has 2 aromatic heterocycles. The van der Waals surface area contributed by atoms with E-state index in [2.05, 4.69) is 15.2 Å². The van der Waals surface area contributed by atoms with Crippen LogP contribution in [0.5, 0.6) is 11.5 Å². The van der Waals surface area contributed by atoms with Crippen molar-refractivity contribution in [2.45, 2.75) is 44.3 Å². The Balaban J connectivity index is 0.00000144. The first-order valence-corrected chi connectivity index (χ1v) is 12.9. The van der Waals surface area contributed by atoms with Crippen molar-refractivity contribution < 1.29 is 9.47 Å². The van der Waals surface area contributed by atoms with Gasteiger partial charge in [0.25, 0.3) is 0 Å². The highest BCUT2D eigenvalue weighted by Crippen LogP contribution is 2.39. The standard InChI is InChI=1S/C24H27ClN4O3S.2ClH/c25-18-1-2-21-23-22(18)15(3-8-29(23)24(30)33-21)14-28-6-4-16(5-7-28)26-12-17-11-19-20(13-27-17)32-10-9-31-19;;/h1-2,11,13,15-16,26H,3-10,12,14H2;2*1H. The van der Waals surface area contributed by atoms with Crippen molar-refractivity contribution >= 4 is 58.0 Å². The molecule has 1 N–H and O–H groups in total. The minimum atomic E-state index is 0. The van der Waals surface area contributed by atoms with Gasteiger partial charge in [0.2, 0.25) is 0 Å². The lowest BCUT2D eigenvalue weighted by Crippen LogP contribution is -2.44. The summed E-state index contributed by atoms with van der Waals surface area (Å²) in [5, 5.41) is 4.46. The Kier molecular flexibility index (Phi) is 8.51. The largest absolute Gasteiger partial charge is 0.486 e. The van der Waals surface area contributed by atoms with E-state index >= 15 is 0 Å². The summed E-state index contributed by atoms with van der Waals surface area (Å²) in [7, 11) is 0. The molecule has 11 heteroatoms. The van der Waals surface area contributed by atoms with E-state index in [1.807, 2.05) is 22.8 Å². The summed E-state index contributed by atoms with van der Waals surface area (Å²) in [5.41, 5.74) is 3.22. The number of fused-ring (bicyclic) bond motifs is 1. The lowest BCUT2D eigenvalue weighted by molar-refractivity contribution is 0.170. The number of rotatable bonds is 5. The molecule has 7 nitrogen and oxygen atoms in total. The Morgan fingerprint density at radius 2 is 1.86 bits per heavy atom. The molecule has 1 aromatic carbocycles. The molecule has 1 unspecified atom stereocenters. The van der Waals surface area contributed by atoms with Gasteiger partial charge in [-0.2, -0.15) is 0 Å². The molecular weight excluding hydrogens is 531 g/mol. The topological polar surface area (TPSA) is 68.6 Å². The van der Waals surface area contributed by atoms with Gasteiger partial charge in [-0.25, -0.2) is 0 Å². The second-order valence-electron chi connectivity index (χ2n) is 9.09. The average molecular weight is 560 g/mol. The maximum absolute atomic E-state index is 12.3. The van der Waals surface area contributed by atoms with Crippen LogP contribution in [0.15, 0.2) is 29.2 Å². The molecule has 3 aliphatic rings. The Bertz CT molecular complexity index is 1240. The normalized spacial score (nSPS) is 19.7. The van der Waals surface area contributed by atoms with Crippen molar-refractivity contribution in [1.82, 2.24) is 19.8 Å². The summed E-state index contributed by atoms with van der Waals surface area (Å²) < 4.78 is 14.2. The van der Waals surface area contributed by atoms with Gasteiger partial charge >= 0.3 is 4.87 Å². The minimum Gasteiger partial charge on any atom is -0.486 e. The second kappa shape index (κ2) is 11.2. The molecule has 35 heavy (non-hydrogen) atoms. The fourth-order valence-corrected chi connectivity index (χ4v) is 6.57. The van der Waals surface area contributed by atoms with E-state index in [9.17, 15) is 4.79 Å². The first-order valence-electron chi connectivity index (χ1n) is 11.7. The molecule has 0 amide bonds. The number of hydrogen-bond acceptors (Lipinski definition) is 7. The predicted octanol–water partition coefficient (Wildman–Crippen LogP) is 4.47. The third-order valence-corrected chi connectivity index (χ3v) is 8.32. The number of nitrogens with zero attached hydrogens (tertiary/aromatic N) is 3. The number of aryl methyl sites for hydroxylation is 1. The highest BCUT2D eigenvalue weighted by Gasteiger charge is 2.29. The van der Waals surface area contributed by atoms with Crippen LogP contribution in [0.1, 0.15) is 36.4 Å². The van der Waals surface area contributed by atoms with Gasteiger partial charge in [-0.05, 0) is 44.5 Å². The van der Waals surface area contributed by atoms with Gasteiger partial charge in [-0.15, -0.1) is 24.8 Å². The van der Waals surface area contributed by atoms with Crippen LogP contribution >= 0.6 is 47.8 Å². The molecular formula is C24H29Cl3N4O3S. The van der Waals surface area contributed by atoms with Crippen LogP contribution in [0.4, 0.5) is 0 Å². The summed E-state index contributed by atoms with van der Waals surface area (Å²) in [6.45, 7) is 5.82. The Labute approximate surface area is 225 Å². The van der Waals surface area contributed by atoms with E-state index in [4.69, 9.17) is 21.1 Å². The van der Waals surface area contributed by atoms with Crippen molar-refractivity contribution in [1.29, 1.82) is 0 Å². The molecule has 0 saturated carbocycles. The summed E-state index contributed by atoms with van der Waals surface area (Å²) in [6.07, 6.45) is 4.95. The van der Waals surface area contributed by atoms with Gasteiger partial charge < -0.3 is 19.7 Å². The minimum absolute atomic E-state index is 0. The number of piperidine rings is 1. The smallest absolute Gasteiger partial charge is 0.308 e. The number of thiazole rings is 1. The SMILES string of the molecule is Cl.Cl.O=c1sc2ccc(Cl)c3c2n1CCC3CN1CCC(NCc2cc3c(cn2)OCCO3)CC1. The van der Waals surface area contributed by atoms with Crippen molar-refractivity contribution in [3.05, 3.63) is 50.3 Å². The van der Waals surface area contributed by atoms with Gasteiger partial charge in [0.15, 0.2) is 11.5 Å². The van der Waals surface area contributed by atoms with E-state index < -0.39 is 0 Å². The van der Waals surface area contributed by atoms with Crippen LogP contribution in [0, 0.1) is 0 Å². The van der Waals surface area contributed by atoms with Gasteiger partial charge in [0.05, 0.1) is 22.1 Å². The molecule has 190 valence electrons. The zero-order chi connectivity index (χ0) is 22.4. The van der Waals surface area contributed by atoms with Crippen LogP contribution in [-0.4, -0.2) is 53.3 Å². The monoisotopic (exact) mass is 558 g/mol. The quantitative estimate of drug-likeness (QED) is 0.498.